The van der Waals surface area contributed by atoms with E-state index >= 15 is 0 Å². The van der Waals surface area contributed by atoms with Crippen molar-refractivity contribution in [2.75, 3.05) is 39.4 Å². The number of ether oxygens (including phenoxy) is 1. The zero-order valence-corrected chi connectivity index (χ0v) is 13.8. The van der Waals surface area contributed by atoms with Gasteiger partial charge in [-0.05, 0) is 26.7 Å². The van der Waals surface area contributed by atoms with Crippen molar-refractivity contribution in [2.24, 2.45) is 0 Å². The Morgan fingerprint density at radius 1 is 1.30 bits per heavy atom. The number of aromatic amines is 2. The Labute approximate surface area is 135 Å². The van der Waals surface area contributed by atoms with Gasteiger partial charge in [-0.25, -0.2) is 9.89 Å². The molecular weight excluding hydrogens is 298 g/mol. The lowest BCUT2D eigenvalue weighted by atomic mass is 9.93. The monoisotopic (exact) mass is 323 g/mol. The fourth-order valence-corrected chi connectivity index (χ4v) is 3.51. The van der Waals surface area contributed by atoms with Crippen molar-refractivity contribution in [2.45, 2.75) is 38.1 Å². The Kier molecular flexibility index (Phi) is 4.54. The topological polar surface area (TPSA) is 94.3 Å². The molecule has 2 aliphatic heterocycles. The third kappa shape index (κ3) is 3.32. The smallest absolute Gasteiger partial charge is 0.340 e. The summed E-state index contributed by atoms with van der Waals surface area (Å²) in [6, 6.07) is 0. The highest BCUT2D eigenvalue weighted by Crippen LogP contribution is 2.27. The fraction of sp³-hybridized carbons (Fsp3) is 0.800. The largest absolute Gasteiger partial charge is 0.379 e. The van der Waals surface area contributed by atoms with E-state index in [0.29, 0.717) is 25.6 Å². The molecule has 2 aliphatic rings. The van der Waals surface area contributed by atoms with Crippen molar-refractivity contribution in [3.63, 3.8) is 0 Å². The molecule has 128 valence electrons. The number of nitrogens with zero attached hydrogens (tertiary/aromatic N) is 3. The first-order valence-electron chi connectivity index (χ1n) is 8.25. The fourth-order valence-electron chi connectivity index (χ4n) is 3.51. The second-order valence-corrected chi connectivity index (χ2v) is 6.81. The van der Waals surface area contributed by atoms with Gasteiger partial charge in [0.05, 0.1) is 18.8 Å². The third-order valence-corrected chi connectivity index (χ3v) is 4.94. The molecule has 8 heteroatoms. The number of H-pyrrole nitrogens is 2. The van der Waals surface area contributed by atoms with Crippen LogP contribution in [0.4, 0.5) is 0 Å². The number of hydrogen-bond acceptors (Lipinski definition) is 5. The van der Waals surface area contributed by atoms with E-state index < -0.39 is 5.54 Å². The summed E-state index contributed by atoms with van der Waals surface area (Å²) in [5.41, 5.74) is -0.831. The Morgan fingerprint density at radius 2 is 2.04 bits per heavy atom. The molecule has 0 aromatic carbocycles. The molecular formula is C15H25N5O3. The molecule has 0 saturated carbocycles. The maximum atomic E-state index is 13.0. The van der Waals surface area contributed by atoms with E-state index in [9.17, 15) is 9.59 Å². The van der Waals surface area contributed by atoms with Gasteiger partial charge in [-0.2, -0.15) is 5.10 Å². The second-order valence-electron chi connectivity index (χ2n) is 6.81. The van der Waals surface area contributed by atoms with Crippen LogP contribution in [0.15, 0.2) is 4.79 Å². The molecule has 1 atom stereocenters. The summed E-state index contributed by atoms with van der Waals surface area (Å²) in [7, 11) is 0. The van der Waals surface area contributed by atoms with Gasteiger partial charge in [0.25, 0.3) is 0 Å². The molecule has 3 heterocycles. The Bertz CT molecular complexity index is 602. The Morgan fingerprint density at radius 3 is 2.70 bits per heavy atom. The van der Waals surface area contributed by atoms with Gasteiger partial charge in [-0.1, -0.05) is 0 Å². The van der Waals surface area contributed by atoms with Crippen LogP contribution in [0.25, 0.3) is 0 Å². The van der Waals surface area contributed by atoms with Crippen molar-refractivity contribution in [3.05, 3.63) is 16.3 Å². The number of piperidine rings is 1. The van der Waals surface area contributed by atoms with Crippen LogP contribution in [0.5, 0.6) is 0 Å². The average Bonchev–Trinajstić information content (AvgIpc) is 3.01. The van der Waals surface area contributed by atoms with Crippen LogP contribution in [0.2, 0.25) is 0 Å². The zero-order chi connectivity index (χ0) is 16.4. The second kappa shape index (κ2) is 6.45. The van der Waals surface area contributed by atoms with Crippen LogP contribution in [-0.2, 0) is 9.53 Å². The average molecular weight is 323 g/mol. The van der Waals surface area contributed by atoms with Gasteiger partial charge in [0.15, 0.2) is 0 Å². The van der Waals surface area contributed by atoms with Gasteiger partial charge in [-0.15, -0.1) is 0 Å². The molecule has 0 spiro atoms. The van der Waals surface area contributed by atoms with Crippen LogP contribution in [0.1, 0.15) is 38.4 Å². The van der Waals surface area contributed by atoms with Crippen molar-refractivity contribution in [3.8, 4) is 0 Å². The molecule has 2 fully saturated rings. The number of hydrogen-bond donors (Lipinski definition) is 2. The van der Waals surface area contributed by atoms with E-state index in [2.05, 4.69) is 20.1 Å². The maximum absolute atomic E-state index is 13.0. The lowest BCUT2D eigenvalue weighted by Gasteiger charge is -2.43. The van der Waals surface area contributed by atoms with Crippen LogP contribution < -0.4 is 5.69 Å². The summed E-state index contributed by atoms with van der Waals surface area (Å²) >= 11 is 0. The molecule has 0 bridgehead atoms. The highest BCUT2D eigenvalue weighted by Gasteiger charge is 2.40. The molecule has 1 aromatic heterocycles. The minimum Gasteiger partial charge on any atom is -0.379 e. The van der Waals surface area contributed by atoms with Gasteiger partial charge >= 0.3 is 5.69 Å². The van der Waals surface area contributed by atoms with E-state index in [1.807, 2.05) is 18.7 Å². The van der Waals surface area contributed by atoms with E-state index in [4.69, 9.17) is 4.74 Å². The highest BCUT2D eigenvalue weighted by atomic mass is 16.5. The number of amides is 1. The van der Waals surface area contributed by atoms with Crippen molar-refractivity contribution < 1.29 is 9.53 Å². The zero-order valence-electron chi connectivity index (χ0n) is 13.8. The summed E-state index contributed by atoms with van der Waals surface area (Å²) < 4.78 is 5.39. The SMILES string of the molecule is CC(C)(C(=O)N1CCC[C@H](c2n[nH]c(=O)[nH]2)C1)N1CCOCC1. The number of aromatic nitrogens is 3. The van der Waals surface area contributed by atoms with E-state index in [-0.39, 0.29) is 17.5 Å². The predicted octanol–water partition coefficient (Wildman–Crippen LogP) is -0.0852. The number of carbonyl (C=O) groups is 1. The van der Waals surface area contributed by atoms with Crippen LogP contribution in [0.3, 0.4) is 0 Å². The van der Waals surface area contributed by atoms with Crippen molar-refractivity contribution in [1.29, 1.82) is 0 Å². The Balaban J connectivity index is 1.69. The first kappa shape index (κ1) is 16.2. The molecule has 2 N–H and O–H groups in total. The lowest BCUT2D eigenvalue weighted by molar-refractivity contribution is -0.146. The Hall–Kier alpha value is -1.67. The predicted molar refractivity (Wildman–Crippen MR) is 84.2 cm³/mol. The lowest BCUT2D eigenvalue weighted by Crippen LogP contribution is -2.60. The standard InChI is InChI=1S/C15H25N5O3/c1-15(2,20-6-8-23-9-7-20)13(21)19-5-3-4-11(10-19)12-16-14(22)18-17-12/h11H,3-10H2,1-2H3,(H2,16,17,18,22)/t11-/m0/s1. The molecule has 1 amide bonds. The third-order valence-electron chi connectivity index (χ3n) is 4.94. The molecule has 3 rings (SSSR count). The summed E-state index contributed by atoms with van der Waals surface area (Å²) in [6.45, 7) is 8.25. The minimum atomic E-state index is -0.537. The summed E-state index contributed by atoms with van der Waals surface area (Å²) in [6.07, 6.45) is 1.85. The summed E-state index contributed by atoms with van der Waals surface area (Å²) in [5.74, 6) is 0.880. The van der Waals surface area contributed by atoms with Gasteiger partial charge in [0.1, 0.15) is 5.82 Å². The molecule has 0 unspecified atom stereocenters. The highest BCUT2D eigenvalue weighted by molar-refractivity contribution is 5.85. The van der Waals surface area contributed by atoms with Crippen LogP contribution in [-0.4, -0.2) is 75.8 Å². The molecule has 23 heavy (non-hydrogen) atoms. The molecule has 0 radical (unpaired) electrons. The van der Waals surface area contributed by atoms with E-state index in [0.717, 1.165) is 32.5 Å². The molecule has 1 aromatic rings. The molecule has 8 nitrogen and oxygen atoms in total. The van der Waals surface area contributed by atoms with Gasteiger partial charge in [0, 0.05) is 32.1 Å². The normalized spacial score (nSPS) is 23.9. The molecule has 0 aliphatic carbocycles. The summed E-state index contributed by atoms with van der Waals surface area (Å²) in [4.78, 5) is 31.1. The number of rotatable bonds is 3. The maximum Gasteiger partial charge on any atom is 0.340 e. The van der Waals surface area contributed by atoms with Crippen LogP contribution >= 0.6 is 0 Å². The molecule has 2 saturated heterocycles. The van der Waals surface area contributed by atoms with Gasteiger partial charge < -0.3 is 9.64 Å². The first-order valence-corrected chi connectivity index (χ1v) is 8.25. The quantitative estimate of drug-likeness (QED) is 0.811. The summed E-state index contributed by atoms with van der Waals surface area (Å²) in [5, 5.41) is 6.43. The van der Waals surface area contributed by atoms with Crippen LogP contribution in [0, 0.1) is 0 Å². The number of morpholine rings is 1. The van der Waals surface area contributed by atoms with Crippen molar-refractivity contribution >= 4 is 5.91 Å². The first-order chi connectivity index (χ1) is 11.0. The number of nitrogens with one attached hydrogen (secondary N) is 2. The van der Waals surface area contributed by atoms with Crippen molar-refractivity contribution in [1.82, 2.24) is 25.0 Å². The van der Waals surface area contributed by atoms with E-state index in [1.54, 1.807) is 0 Å². The van der Waals surface area contributed by atoms with E-state index in [1.165, 1.54) is 0 Å². The number of likely N-dealkylation sites (tertiary alicyclic amines) is 1. The minimum absolute atomic E-state index is 0.0899. The number of carbonyl (C=O) groups excluding carboxylic acids is 1. The van der Waals surface area contributed by atoms with Gasteiger partial charge in [0.2, 0.25) is 5.91 Å². The van der Waals surface area contributed by atoms with Gasteiger partial charge in [-0.3, -0.25) is 14.7 Å².